The maximum absolute atomic E-state index is 3.78. The molecule has 1 heterocycles. The Balaban J connectivity index is 2.32. The van der Waals surface area contributed by atoms with Crippen LogP contribution in [0.25, 0.3) is 0 Å². The summed E-state index contributed by atoms with van der Waals surface area (Å²) in [7, 11) is 0. The fourth-order valence-electron chi connectivity index (χ4n) is 0.0861. The average molecular weight is 55.1 g/mol. The lowest BCUT2D eigenvalue weighted by Crippen LogP contribution is -1.65. The molecule has 1 heteroatoms. The molecular weight excluding hydrogens is 50.0 g/mol. The van der Waals surface area contributed by atoms with Crippen LogP contribution in [0.2, 0.25) is 0 Å². The topological polar surface area (TPSA) is 12.4 Å². The van der Waals surface area contributed by atoms with Crippen molar-refractivity contribution in [1.82, 2.24) is 0 Å². The monoisotopic (exact) mass is 55.0 g/mol. The fourth-order valence-corrected chi connectivity index (χ4v) is 0.0861. The molecule has 22 valence electrons. The van der Waals surface area contributed by atoms with Crippen LogP contribution in [-0.2, 0) is 0 Å². The van der Waals surface area contributed by atoms with Crippen molar-refractivity contribution in [2.75, 3.05) is 0 Å². The van der Waals surface area contributed by atoms with Crippen molar-refractivity contribution in [3.05, 3.63) is 0 Å². The van der Waals surface area contributed by atoms with Gasteiger partial charge in [0.05, 0.1) is 6.04 Å². The van der Waals surface area contributed by atoms with Crippen LogP contribution in [0.15, 0.2) is 4.99 Å². The molecule has 1 rings (SSSR count). The van der Waals surface area contributed by atoms with Gasteiger partial charge >= 0.3 is 0 Å². The summed E-state index contributed by atoms with van der Waals surface area (Å²) >= 11 is 0. The molecule has 1 nitrogen and oxygen atoms in total. The molecule has 0 aromatic carbocycles. The Morgan fingerprint density at radius 2 is 2.25 bits per heavy atom. The summed E-state index contributed by atoms with van der Waals surface area (Å²) in [6, 6.07) is 0.583. The minimum Gasteiger partial charge on any atom is -0.287 e. The van der Waals surface area contributed by atoms with Gasteiger partial charge < -0.3 is 0 Å². The smallest absolute Gasteiger partial charge is 0.0815 e. The first-order valence-electron chi connectivity index (χ1n) is 1.43. The Bertz CT molecular complexity index is 41.2. The van der Waals surface area contributed by atoms with E-state index in [1.807, 2.05) is 6.21 Å². The van der Waals surface area contributed by atoms with Crippen molar-refractivity contribution in [3.8, 4) is 0 Å². The van der Waals surface area contributed by atoms with Crippen LogP contribution in [0.4, 0.5) is 0 Å². The second-order valence-corrected chi connectivity index (χ2v) is 1.04. The third-order valence-corrected chi connectivity index (χ3v) is 0.447. The van der Waals surface area contributed by atoms with E-state index in [0.717, 1.165) is 0 Å². The second kappa shape index (κ2) is 0.341. The van der Waals surface area contributed by atoms with Crippen LogP contribution in [0.5, 0.6) is 0 Å². The van der Waals surface area contributed by atoms with E-state index in [1.165, 1.54) is 0 Å². The van der Waals surface area contributed by atoms with E-state index < -0.39 is 0 Å². The molecule has 1 aliphatic rings. The summed E-state index contributed by atoms with van der Waals surface area (Å²) in [5, 5.41) is 0. The second-order valence-electron chi connectivity index (χ2n) is 1.04. The summed E-state index contributed by atoms with van der Waals surface area (Å²) in [4.78, 5) is 3.78. The Morgan fingerprint density at radius 1 is 2.00 bits per heavy atom. The molecule has 1 atom stereocenters. The molecule has 0 fully saturated rings. The lowest BCUT2D eigenvalue weighted by Gasteiger charge is -1.54. The highest BCUT2D eigenvalue weighted by Gasteiger charge is 1.99. The minimum absolute atomic E-state index is 0.583. The Kier molecular flexibility index (Phi) is 0.166. The van der Waals surface area contributed by atoms with E-state index in [9.17, 15) is 0 Å². The lowest BCUT2D eigenvalue weighted by molar-refractivity contribution is 1.15. The first-order chi connectivity index (χ1) is 1.89. The maximum atomic E-state index is 3.78. The van der Waals surface area contributed by atoms with Crippen LogP contribution >= 0.6 is 0 Å². The van der Waals surface area contributed by atoms with Crippen LogP contribution < -0.4 is 0 Å². The molecule has 0 N–H and O–H groups in total. The summed E-state index contributed by atoms with van der Waals surface area (Å²) in [5.74, 6) is 0. The number of hydrogen-bond donors (Lipinski definition) is 0. The standard InChI is InChI=1S/C3H5N/c1-3-2-4-3/h2-3H,1H3/t3-/m0/s1. The van der Waals surface area contributed by atoms with E-state index in [4.69, 9.17) is 0 Å². The average Bonchev–Trinajstić information content (AvgIpc) is 1.75. The van der Waals surface area contributed by atoms with Crippen LogP contribution in [0.1, 0.15) is 6.92 Å². The zero-order chi connectivity index (χ0) is 2.99. The van der Waals surface area contributed by atoms with Crippen molar-refractivity contribution in [1.29, 1.82) is 0 Å². The van der Waals surface area contributed by atoms with Crippen LogP contribution in [0.3, 0.4) is 0 Å². The highest BCUT2D eigenvalue weighted by Crippen LogP contribution is 1.94. The minimum atomic E-state index is 0.583. The number of aliphatic imine (C=N–C) groups is 1. The number of hydrogen-bond acceptors (Lipinski definition) is 1. The Labute approximate surface area is 25.4 Å². The van der Waals surface area contributed by atoms with Crippen molar-refractivity contribution in [2.24, 2.45) is 4.99 Å². The van der Waals surface area contributed by atoms with Crippen LogP contribution in [-0.4, -0.2) is 12.3 Å². The van der Waals surface area contributed by atoms with Gasteiger partial charge in [-0.05, 0) is 6.92 Å². The molecule has 0 amide bonds. The van der Waals surface area contributed by atoms with Gasteiger partial charge in [0.15, 0.2) is 0 Å². The van der Waals surface area contributed by atoms with Gasteiger partial charge in [-0.3, -0.25) is 4.99 Å². The van der Waals surface area contributed by atoms with Crippen molar-refractivity contribution in [2.45, 2.75) is 13.0 Å². The molecule has 0 bridgehead atoms. The fraction of sp³-hybridized carbons (Fsp3) is 0.667. The summed E-state index contributed by atoms with van der Waals surface area (Å²) in [5.41, 5.74) is 0. The third kappa shape index (κ3) is 0.105. The molecule has 0 aromatic rings. The van der Waals surface area contributed by atoms with Gasteiger partial charge in [0, 0.05) is 6.21 Å². The van der Waals surface area contributed by atoms with Crippen molar-refractivity contribution < 1.29 is 0 Å². The van der Waals surface area contributed by atoms with Crippen molar-refractivity contribution in [3.63, 3.8) is 0 Å². The molecule has 0 aromatic heterocycles. The Hall–Kier alpha value is -0.330. The van der Waals surface area contributed by atoms with Gasteiger partial charge in [-0.15, -0.1) is 0 Å². The van der Waals surface area contributed by atoms with Gasteiger partial charge in [-0.2, -0.15) is 0 Å². The Morgan fingerprint density at radius 3 is 2.25 bits per heavy atom. The van der Waals surface area contributed by atoms with E-state index in [2.05, 4.69) is 11.9 Å². The predicted octanol–water partition coefficient (Wildman–Crippen LogP) is 0.459. The largest absolute Gasteiger partial charge is 0.287 e. The number of rotatable bonds is 0. The zero-order valence-corrected chi connectivity index (χ0v) is 2.60. The lowest BCUT2D eigenvalue weighted by atomic mass is 10.6. The molecule has 0 aliphatic carbocycles. The van der Waals surface area contributed by atoms with Gasteiger partial charge in [-0.1, -0.05) is 0 Å². The quantitative estimate of drug-likeness (QED) is 0.381. The third-order valence-electron chi connectivity index (χ3n) is 0.447. The molecule has 1 aliphatic heterocycles. The van der Waals surface area contributed by atoms with Gasteiger partial charge in [0.25, 0.3) is 0 Å². The normalized spacial score (nSPS) is 35.8. The maximum Gasteiger partial charge on any atom is 0.0815 e. The zero-order valence-electron chi connectivity index (χ0n) is 2.60. The summed E-state index contributed by atoms with van der Waals surface area (Å²) in [6.07, 6.45) is 1.92. The molecule has 0 spiro atoms. The molecule has 4 heavy (non-hydrogen) atoms. The first kappa shape index (κ1) is 1.94. The molecule has 0 unspecified atom stereocenters. The summed E-state index contributed by atoms with van der Waals surface area (Å²) < 4.78 is 0. The highest BCUT2D eigenvalue weighted by molar-refractivity contribution is 5.76. The van der Waals surface area contributed by atoms with E-state index in [1.54, 1.807) is 0 Å². The number of nitrogens with zero attached hydrogens (tertiary/aromatic N) is 1. The first-order valence-corrected chi connectivity index (χ1v) is 1.43. The van der Waals surface area contributed by atoms with Gasteiger partial charge in [0.2, 0.25) is 0 Å². The highest BCUT2D eigenvalue weighted by atomic mass is 14.9. The molecule has 0 saturated carbocycles. The van der Waals surface area contributed by atoms with Crippen LogP contribution in [0, 0.1) is 0 Å². The molecular formula is C3H5N. The predicted molar refractivity (Wildman–Crippen MR) is 18.0 cm³/mol. The van der Waals surface area contributed by atoms with Crippen molar-refractivity contribution >= 4 is 6.21 Å². The van der Waals surface area contributed by atoms with E-state index in [0.29, 0.717) is 6.04 Å². The molecule has 0 radical (unpaired) electrons. The van der Waals surface area contributed by atoms with E-state index >= 15 is 0 Å². The summed E-state index contributed by atoms with van der Waals surface area (Å²) in [6.45, 7) is 2.06. The van der Waals surface area contributed by atoms with Gasteiger partial charge in [-0.25, -0.2) is 0 Å². The molecule has 0 saturated heterocycles. The van der Waals surface area contributed by atoms with Gasteiger partial charge in [0.1, 0.15) is 0 Å². The SMILES string of the molecule is C[C@H]1C=N1. The van der Waals surface area contributed by atoms with E-state index in [-0.39, 0.29) is 0 Å².